The van der Waals surface area contributed by atoms with Crippen LogP contribution in [0.1, 0.15) is 0 Å². The minimum Gasteiger partial charge on any atom is -0.191 e. The molecule has 86 valence electrons. The van der Waals surface area contributed by atoms with Crippen molar-refractivity contribution in [1.82, 2.24) is 0 Å². The van der Waals surface area contributed by atoms with Gasteiger partial charge in [-0.1, -0.05) is 40.8 Å². The molecule has 3 nitrogen and oxygen atoms in total. The molecule has 0 aliphatic heterocycles. The Labute approximate surface area is 108 Å². The van der Waals surface area contributed by atoms with Crippen LogP contribution in [-0.2, 0) is 36.9 Å². The molecule has 2 aromatic rings. The number of halogens is 1. The Bertz CT molecular complexity index is 593. The van der Waals surface area contributed by atoms with Crippen molar-refractivity contribution < 1.29 is 39.7 Å². The molecule has 2 aromatic carbocycles. The first kappa shape index (κ1) is 13.3. The molecule has 0 aliphatic carbocycles. The van der Waals surface area contributed by atoms with Gasteiger partial charge in [0.15, 0.2) is 0 Å². The maximum absolute atomic E-state index is 11.9. The van der Waals surface area contributed by atoms with Crippen LogP contribution in [0.15, 0.2) is 47.4 Å². The summed E-state index contributed by atoms with van der Waals surface area (Å²) in [6, 6.07) is 11.4. The predicted octanol–water partition coefficient (Wildman–Crippen LogP) is 2.43. The van der Waals surface area contributed by atoms with Gasteiger partial charge in [0, 0.05) is 5.39 Å². The van der Waals surface area contributed by atoms with E-state index < -0.39 is 10.1 Å². The Morgan fingerprint density at radius 3 is 2.31 bits per heavy atom. The molecule has 0 aliphatic rings. The van der Waals surface area contributed by atoms with E-state index in [9.17, 15) is 12.9 Å². The third-order valence-corrected chi connectivity index (χ3v) is 3.16. The number of fused-ring (bicyclic) bond motifs is 1. The Morgan fingerprint density at radius 1 is 1.00 bits per heavy atom. The van der Waals surface area contributed by atoms with Gasteiger partial charge >= 0.3 is 32.5 Å². The normalized spacial score (nSPS) is 11.1. The molecule has 0 saturated heterocycles. The van der Waals surface area contributed by atoms with Crippen molar-refractivity contribution in [2.75, 3.05) is 0 Å². The maximum atomic E-state index is 11.9. The molecular formula is C10H7AgFO3S+3. The second-order valence-electron chi connectivity index (χ2n) is 2.99. The molecule has 0 radical (unpaired) electrons. The summed E-state index contributed by atoms with van der Waals surface area (Å²) in [6.07, 6.45) is 0. The van der Waals surface area contributed by atoms with Crippen LogP contribution in [0.25, 0.3) is 10.8 Å². The zero-order valence-electron chi connectivity index (χ0n) is 7.85. The Hall–Kier alpha value is -0.720. The van der Waals surface area contributed by atoms with Crippen LogP contribution >= 0.6 is 0 Å². The molecule has 16 heavy (non-hydrogen) atoms. The van der Waals surface area contributed by atoms with Gasteiger partial charge in [0.1, 0.15) is 4.90 Å². The molecule has 0 atom stereocenters. The minimum atomic E-state index is -4.29. The van der Waals surface area contributed by atoms with Crippen molar-refractivity contribution in [1.29, 1.82) is 0 Å². The van der Waals surface area contributed by atoms with E-state index in [2.05, 4.69) is 4.39 Å². The molecule has 0 unspecified atom stereocenters. The number of hydrogen-bond acceptors (Lipinski definition) is 3. The van der Waals surface area contributed by atoms with E-state index >= 15 is 0 Å². The molecule has 0 bridgehead atoms. The van der Waals surface area contributed by atoms with E-state index in [0.717, 1.165) is 5.39 Å². The third kappa shape index (κ3) is 2.34. The first-order valence-electron chi connectivity index (χ1n) is 4.18. The van der Waals surface area contributed by atoms with E-state index in [0.29, 0.717) is 5.39 Å². The molecule has 0 fully saturated rings. The number of rotatable bonds is 2. The van der Waals surface area contributed by atoms with Crippen molar-refractivity contribution in [2.45, 2.75) is 4.90 Å². The van der Waals surface area contributed by atoms with Crippen LogP contribution in [0.3, 0.4) is 0 Å². The van der Waals surface area contributed by atoms with Crippen LogP contribution < -0.4 is 0 Å². The van der Waals surface area contributed by atoms with E-state index in [1.807, 2.05) is 0 Å². The number of benzene rings is 2. The largest absolute Gasteiger partial charge is 3.00 e. The number of hydrogen-bond donors (Lipinski definition) is 0. The van der Waals surface area contributed by atoms with Crippen LogP contribution in [0.2, 0.25) is 0 Å². The topological polar surface area (TPSA) is 43.4 Å². The molecular weight excluding hydrogens is 327 g/mol. The molecule has 0 aromatic heterocycles. The maximum Gasteiger partial charge on any atom is 3.00 e. The van der Waals surface area contributed by atoms with Crippen molar-refractivity contribution in [3.05, 3.63) is 42.5 Å². The molecule has 0 heterocycles. The van der Waals surface area contributed by atoms with Gasteiger partial charge < -0.3 is 0 Å². The van der Waals surface area contributed by atoms with Crippen LogP contribution in [0.5, 0.6) is 0 Å². The monoisotopic (exact) mass is 333 g/mol. The van der Waals surface area contributed by atoms with Crippen LogP contribution in [-0.4, -0.2) is 8.42 Å². The molecule has 0 N–H and O–H groups in total. The molecule has 2 rings (SSSR count). The first-order valence-corrected chi connectivity index (χ1v) is 5.59. The SMILES string of the molecule is O=S(=O)(OF)c1cccc2ccccc12.[Ag+3]. The standard InChI is InChI=1S/C10H7FO3S.Ag/c11-14-15(12,13)10-7-3-5-8-4-1-2-6-9(8)10;/h1-7H;/q;+3. The summed E-state index contributed by atoms with van der Waals surface area (Å²) < 4.78 is 37.3. The van der Waals surface area contributed by atoms with E-state index in [1.54, 1.807) is 30.3 Å². The van der Waals surface area contributed by atoms with Crippen LogP contribution in [0.4, 0.5) is 4.53 Å². The predicted molar refractivity (Wildman–Crippen MR) is 53.3 cm³/mol. The van der Waals surface area contributed by atoms with Gasteiger partial charge in [-0.25, -0.2) is 0 Å². The summed E-state index contributed by atoms with van der Waals surface area (Å²) in [5, 5.41) is 1.16. The van der Waals surface area contributed by atoms with E-state index in [4.69, 9.17) is 0 Å². The second kappa shape index (κ2) is 5.07. The average molecular weight is 334 g/mol. The van der Waals surface area contributed by atoms with Gasteiger partial charge in [-0.15, -0.1) is 0 Å². The average Bonchev–Trinajstić information content (AvgIpc) is 2.28. The van der Waals surface area contributed by atoms with Crippen molar-refractivity contribution in [2.24, 2.45) is 0 Å². The smallest absolute Gasteiger partial charge is 0.191 e. The van der Waals surface area contributed by atoms with Gasteiger partial charge in [-0.3, -0.25) is 0 Å². The molecule has 0 spiro atoms. The molecule has 6 heteroatoms. The van der Waals surface area contributed by atoms with Gasteiger partial charge in [-0.05, 0) is 16.0 Å². The summed E-state index contributed by atoms with van der Waals surface area (Å²) in [6.45, 7) is 0. The van der Waals surface area contributed by atoms with Crippen molar-refractivity contribution in [3.63, 3.8) is 0 Å². The molecule has 0 saturated carbocycles. The fourth-order valence-corrected chi connectivity index (χ4v) is 2.22. The fraction of sp³-hybridized carbons (Fsp3) is 0. The Kier molecular flexibility index (Phi) is 4.23. The second-order valence-corrected chi connectivity index (χ2v) is 4.47. The third-order valence-electron chi connectivity index (χ3n) is 2.10. The van der Waals surface area contributed by atoms with Gasteiger partial charge in [0.25, 0.3) is 0 Å². The van der Waals surface area contributed by atoms with Gasteiger partial charge in [-0.2, -0.15) is 8.42 Å². The van der Waals surface area contributed by atoms with E-state index in [1.165, 1.54) is 12.1 Å². The van der Waals surface area contributed by atoms with Gasteiger partial charge in [0.05, 0.1) is 0 Å². The zero-order chi connectivity index (χ0) is 10.9. The zero-order valence-corrected chi connectivity index (χ0v) is 10.2. The summed E-state index contributed by atoms with van der Waals surface area (Å²) in [5.74, 6) is 0. The van der Waals surface area contributed by atoms with Crippen molar-refractivity contribution >= 4 is 20.9 Å². The summed E-state index contributed by atoms with van der Waals surface area (Å²) in [4.78, 5) is -0.164. The fourth-order valence-electron chi connectivity index (χ4n) is 1.45. The van der Waals surface area contributed by atoms with E-state index in [-0.39, 0.29) is 27.3 Å². The Balaban J connectivity index is 0.00000128. The van der Waals surface area contributed by atoms with Gasteiger partial charge in [0.2, 0.25) is 0 Å². The summed E-state index contributed by atoms with van der Waals surface area (Å²) in [5.41, 5.74) is 0. The molecule has 0 amide bonds. The summed E-state index contributed by atoms with van der Waals surface area (Å²) in [7, 11) is -4.29. The minimum absolute atomic E-state index is 0. The quantitative estimate of drug-likeness (QED) is 0.793. The Morgan fingerprint density at radius 2 is 1.62 bits per heavy atom. The first-order chi connectivity index (χ1) is 7.15. The van der Waals surface area contributed by atoms with Crippen LogP contribution in [0, 0.1) is 0 Å². The summed E-state index contributed by atoms with van der Waals surface area (Å²) >= 11 is 0. The van der Waals surface area contributed by atoms with Crippen molar-refractivity contribution in [3.8, 4) is 0 Å².